The van der Waals surface area contributed by atoms with Crippen molar-refractivity contribution in [2.75, 3.05) is 11.1 Å². The van der Waals surface area contributed by atoms with Crippen molar-refractivity contribution in [3.63, 3.8) is 0 Å². The maximum Gasteiger partial charge on any atom is 0.254 e. The second-order valence-electron chi connectivity index (χ2n) is 9.25. The van der Waals surface area contributed by atoms with E-state index in [0.29, 0.717) is 27.4 Å². The van der Waals surface area contributed by atoms with Crippen LogP contribution in [-0.2, 0) is 11.2 Å². The van der Waals surface area contributed by atoms with Crippen LogP contribution in [0.25, 0.3) is 0 Å². The Kier molecular flexibility index (Phi) is 9.22. The molecule has 38 heavy (non-hydrogen) atoms. The number of unbranched alkanes of at least 4 members (excludes halogenated alkanes) is 1. The Balaban J connectivity index is 1.57. The molecule has 2 aromatic carbocycles. The summed E-state index contributed by atoms with van der Waals surface area (Å²) in [5.74, 6) is -0.572. The lowest BCUT2D eigenvalue weighted by Gasteiger charge is -2.29. The first-order valence-electron chi connectivity index (χ1n) is 12.7. The number of nitriles is 1. The highest BCUT2D eigenvalue weighted by Gasteiger charge is 2.35. The summed E-state index contributed by atoms with van der Waals surface area (Å²) in [6.45, 7) is 5.95. The SMILES string of the molecule is CCCCc1ccc(C(=O)CSC2=C(C#N)[C@@H](c3cccs3)C(C(=O)Nc3ccccc3C)=C(C)N2)cc1. The maximum absolute atomic E-state index is 13.6. The number of hydrogen-bond donors (Lipinski definition) is 2. The third-order valence-corrected chi connectivity index (χ3v) is 8.51. The number of Topliss-reactive ketones (excluding diaryl/α,β-unsaturated/α-hetero) is 1. The first kappa shape index (κ1) is 27.4. The van der Waals surface area contributed by atoms with E-state index in [9.17, 15) is 14.9 Å². The highest BCUT2D eigenvalue weighted by Crippen LogP contribution is 2.42. The zero-order valence-corrected chi connectivity index (χ0v) is 23.5. The van der Waals surface area contributed by atoms with Crippen molar-refractivity contribution in [3.8, 4) is 6.07 Å². The second kappa shape index (κ2) is 12.8. The van der Waals surface area contributed by atoms with Gasteiger partial charge in [-0.05, 0) is 55.3 Å². The van der Waals surface area contributed by atoms with Crippen LogP contribution in [-0.4, -0.2) is 17.4 Å². The van der Waals surface area contributed by atoms with Gasteiger partial charge in [-0.25, -0.2) is 0 Å². The molecule has 4 rings (SSSR count). The van der Waals surface area contributed by atoms with Crippen LogP contribution in [0.4, 0.5) is 5.69 Å². The minimum Gasteiger partial charge on any atom is -0.353 e. The van der Waals surface area contributed by atoms with Gasteiger partial charge in [0.05, 0.1) is 28.3 Å². The molecule has 1 aliphatic rings. The number of nitrogens with zero attached hydrogens (tertiary/aromatic N) is 1. The molecule has 5 nitrogen and oxygen atoms in total. The quantitative estimate of drug-likeness (QED) is 0.262. The maximum atomic E-state index is 13.6. The molecular weight excluding hydrogens is 510 g/mol. The molecule has 0 saturated carbocycles. The van der Waals surface area contributed by atoms with E-state index < -0.39 is 5.92 Å². The molecule has 7 heteroatoms. The number of thiophene rings is 1. The number of allylic oxidation sites excluding steroid dienone is 2. The Hall–Kier alpha value is -3.60. The molecule has 0 fully saturated rings. The number of aryl methyl sites for hydroxylation is 2. The average molecular weight is 542 g/mol. The van der Waals surface area contributed by atoms with Crippen molar-refractivity contribution in [1.29, 1.82) is 5.26 Å². The first-order chi connectivity index (χ1) is 18.4. The fourth-order valence-electron chi connectivity index (χ4n) is 4.43. The second-order valence-corrected chi connectivity index (χ2v) is 11.2. The smallest absolute Gasteiger partial charge is 0.254 e. The normalized spacial score (nSPS) is 15.2. The largest absolute Gasteiger partial charge is 0.353 e. The van der Waals surface area contributed by atoms with Gasteiger partial charge in [-0.3, -0.25) is 9.59 Å². The molecule has 2 N–H and O–H groups in total. The van der Waals surface area contributed by atoms with Crippen LogP contribution in [0.5, 0.6) is 0 Å². The van der Waals surface area contributed by atoms with E-state index in [1.165, 1.54) is 28.7 Å². The van der Waals surface area contributed by atoms with Crippen molar-refractivity contribution in [2.45, 2.75) is 46.0 Å². The Morgan fingerprint density at radius 3 is 2.50 bits per heavy atom. The van der Waals surface area contributed by atoms with Gasteiger partial charge in [-0.15, -0.1) is 11.3 Å². The van der Waals surface area contributed by atoms with Crippen LogP contribution in [0.1, 0.15) is 59.0 Å². The lowest BCUT2D eigenvalue weighted by Crippen LogP contribution is -2.30. The van der Waals surface area contributed by atoms with Crippen molar-refractivity contribution in [1.82, 2.24) is 5.32 Å². The molecule has 0 unspecified atom stereocenters. The molecule has 1 aliphatic heterocycles. The average Bonchev–Trinajstić information content (AvgIpc) is 3.46. The van der Waals surface area contributed by atoms with Crippen LogP contribution < -0.4 is 10.6 Å². The van der Waals surface area contributed by atoms with Gasteiger partial charge in [-0.1, -0.05) is 73.6 Å². The Morgan fingerprint density at radius 1 is 1.08 bits per heavy atom. The summed E-state index contributed by atoms with van der Waals surface area (Å²) in [6.07, 6.45) is 3.27. The summed E-state index contributed by atoms with van der Waals surface area (Å²) in [6, 6.07) is 21.6. The number of benzene rings is 2. The lowest BCUT2D eigenvalue weighted by atomic mass is 9.86. The number of nitrogens with one attached hydrogen (secondary N) is 2. The van der Waals surface area contributed by atoms with Gasteiger partial charge in [0, 0.05) is 27.4 Å². The molecule has 1 amide bonds. The Bertz CT molecular complexity index is 1410. The zero-order valence-electron chi connectivity index (χ0n) is 21.8. The summed E-state index contributed by atoms with van der Waals surface area (Å²) in [5, 5.41) is 19.1. The molecule has 2 heterocycles. The fourth-order valence-corrected chi connectivity index (χ4v) is 6.26. The van der Waals surface area contributed by atoms with Crippen molar-refractivity contribution < 1.29 is 9.59 Å². The number of dihydropyridines is 1. The number of thioether (sulfide) groups is 1. The number of rotatable bonds is 10. The third-order valence-electron chi connectivity index (χ3n) is 6.56. The van der Waals surface area contributed by atoms with Crippen LogP contribution in [0, 0.1) is 18.3 Å². The molecule has 1 atom stereocenters. The Morgan fingerprint density at radius 2 is 1.84 bits per heavy atom. The highest BCUT2D eigenvalue weighted by atomic mass is 32.2. The molecule has 1 aromatic heterocycles. The summed E-state index contributed by atoms with van der Waals surface area (Å²) in [4.78, 5) is 27.4. The van der Waals surface area contributed by atoms with Gasteiger partial charge in [0.15, 0.2) is 5.78 Å². The summed E-state index contributed by atoms with van der Waals surface area (Å²) >= 11 is 2.82. The van der Waals surface area contributed by atoms with E-state index in [0.717, 1.165) is 35.4 Å². The van der Waals surface area contributed by atoms with Gasteiger partial charge < -0.3 is 10.6 Å². The predicted molar refractivity (Wildman–Crippen MR) is 157 cm³/mol. The molecule has 0 spiro atoms. The van der Waals surface area contributed by atoms with Crippen molar-refractivity contribution in [2.24, 2.45) is 0 Å². The molecule has 3 aromatic rings. The number of anilines is 1. The van der Waals surface area contributed by atoms with Crippen molar-refractivity contribution >= 4 is 40.5 Å². The van der Waals surface area contributed by atoms with Crippen LogP contribution in [0.3, 0.4) is 0 Å². The number of amides is 1. The van der Waals surface area contributed by atoms with Crippen LogP contribution >= 0.6 is 23.1 Å². The van der Waals surface area contributed by atoms with Crippen molar-refractivity contribution in [3.05, 3.63) is 109 Å². The molecular formula is C31H31N3O2S2. The highest BCUT2D eigenvalue weighted by molar-refractivity contribution is 8.03. The van der Waals surface area contributed by atoms with Crippen LogP contribution in [0.2, 0.25) is 0 Å². The van der Waals surface area contributed by atoms with Gasteiger partial charge in [0.2, 0.25) is 0 Å². The fraction of sp³-hybridized carbons (Fsp3) is 0.258. The van der Waals surface area contributed by atoms with Gasteiger partial charge in [0.1, 0.15) is 0 Å². The van der Waals surface area contributed by atoms with Gasteiger partial charge in [-0.2, -0.15) is 5.26 Å². The van der Waals surface area contributed by atoms with E-state index >= 15 is 0 Å². The van der Waals surface area contributed by atoms with Crippen LogP contribution in [0.15, 0.2) is 87.9 Å². The third kappa shape index (κ3) is 6.27. The number of carbonyl (C=O) groups is 2. The zero-order chi connectivity index (χ0) is 27.1. The molecule has 0 aliphatic carbocycles. The minimum atomic E-state index is -0.513. The number of para-hydroxylation sites is 1. The lowest BCUT2D eigenvalue weighted by molar-refractivity contribution is -0.113. The summed E-state index contributed by atoms with van der Waals surface area (Å²) in [7, 11) is 0. The first-order valence-corrected chi connectivity index (χ1v) is 14.6. The number of hydrogen-bond acceptors (Lipinski definition) is 6. The van der Waals surface area contributed by atoms with Gasteiger partial charge >= 0.3 is 0 Å². The molecule has 194 valence electrons. The number of carbonyl (C=O) groups excluding carboxylic acids is 2. The predicted octanol–water partition coefficient (Wildman–Crippen LogP) is 7.35. The molecule has 0 radical (unpaired) electrons. The minimum absolute atomic E-state index is 0.000954. The van der Waals surface area contributed by atoms with E-state index in [2.05, 4.69) is 23.6 Å². The van der Waals surface area contributed by atoms with E-state index in [1.807, 2.05) is 79.9 Å². The van der Waals surface area contributed by atoms with Gasteiger partial charge in [0.25, 0.3) is 5.91 Å². The topological polar surface area (TPSA) is 82.0 Å². The van der Waals surface area contributed by atoms with E-state index in [-0.39, 0.29) is 17.4 Å². The van der Waals surface area contributed by atoms with E-state index in [4.69, 9.17) is 0 Å². The summed E-state index contributed by atoms with van der Waals surface area (Å²) < 4.78 is 0. The number of ketones is 1. The monoisotopic (exact) mass is 541 g/mol. The van der Waals surface area contributed by atoms with E-state index in [1.54, 1.807) is 0 Å². The Labute approximate surface area is 232 Å². The molecule has 0 bridgehead atoms. The molecule has 0 saturated heterocycles. The standard InChI is InChI=1S/C31H31N3O2S2/c1-4-5-10-22-13-15-23(16-14-22)26(35)19-38-31-24(18-32)29(27-12-8-17-37-27)28(21(3)33-31)30(36)34-25-11-7-6-9-20(25)2/h6-9,11-17,29,33H,4-5,10,19H2,1-3H3,(H,34,36)/t29-/m0/s1. The summed E-state index contributed by atoms with van der Waals surface area (Å²) in [5.41, 5.74) is 5.20.